The fourth-order valence-corrected chi connectivity index (χ4v) is 3.58. The van der Waals surface area contributed by atoms with Crippen molar-refractivity contribution in [1.29, 1.82) is 0 Å². The zero-order chi connectivity index (χ0) is 14.4. The number of para-hydroxylation sites is 1. The third-order valence-corrected chi connectivity index (χ3v) is 4.72. The lowest BCUT2D eigenvalue weighted by Crippen LogP contribution is -2.37. The minimum atomic E-state index is -0.171. The molecule has 4 nitrogen and oxygen atoms in total. The molecule has 1 fully saturated rings. The van der Waals surface area contributed by atoms with Crippen LogP contribution >= 0.6 is 11.5 Å². The van der Waals surface area contributed by atoms with Gasteiger partial charge in [-0.3, -0.25) is 0 Å². The van der Waals surface area contributed by atoms with E-state index in [1.165, 1.54) is 29.9 Å². The monoisotopic (exact) mass is 301 g/mol. The van der Waals surface area contributed by atoms with E-state index in [-0.39, 0.29) is 11.6 Å². The van der Waals surface area contributed by atoms with Gasteiger partial charge in [0.05, 0.1) is 6.04 Å². The summed E-state index contributed by atoms with van der Waals surface area (Å²) in [5.74, 6) is 2.59. The Morgan fingerprint density at radius 1 is 1.29 bits per heavy atom. The number of nitrogens with zero attached hydrogens (tertiary/aromatic N) is 2. The Kier molecular flexibility index (Phi) is 2.92. The van der Waals surface area contributed by atoms with Crippen LogP contribution in [0.1, 0.15) is 56.5 Å². The van der Waals surface area contributed by atoms with Crippen molar-refractivity contribution in [2.24, 2.45) is 0 Å². The second-order valence-corrected chi connectivity index (χ2v) is 7.28. The Morgan fingerprint density at radius 3 is 2.90 bits per heavy atom. The SMILES string of the molecule is CC1(C)CC(Nc2nc(C3CC3)ns2)c2ccccc2O1. The molecule has 0 amide bonds. The van der Waals surface area contributed by atoms with Gasteiger partial charge in [-0.1, -0.05) is 18.2 Å². The van der Waals surface area contributed by atoms with E-state index in [9.17, 15) is 0 Å². The molecule has 1 saturated carbocycles. The predicted molar refractivity (Wildman–Crippen MR) is 84.0 cm³/mol. The van der Waals surface area contributed by atoms with E-state index in [0.717, 1.165) is 23.1 Å². The Morgan fingerprint density at radius 2 is 2.10 bits per heavy atom. The highest BCUT2D eigenvalue weighted by Gasteiger charge is 2.34. The number of benzene rings is 1. The van der Waals surface area contributed by atoms with Crippen LogP contribution in [-0.4, -0.2) is 15.0 Å². The molecule has 21 heavy (non-hydrogen) atoms. The average molecular weight is 301 g/mol. The van der Waals surface area contributed by atoms with Crippen molar-refractivity contribution in [3.63, 3.8) is 0 Å². The fourth-order valence-electron chi connectivity index (χ4n) is 2.88. The van der Waals surface area contributed by atoms with E-state index < -0.39 is 0 Å². The molecule has 1 aliphatic heterocycles. The molecule has 1 aliphatic carbocycles. The maximum Gasteiger partial charge on any atom is 0.203 e. The van der Waals surface area contributed by atoms with Gasteiger partial charge in [-0.2, -0.15) is 4.37 Å². The van der Waals surface area contributed by atoms with Gasteiger partial charge in [0.15, 0.2) is 0 Å². The predicted octanol–water partition coefficient (Wildman–Crippen LogP) is 4.13. The lowest BCUT2D eigenvalue weighted by atomic mass is 9.90. The zero-order valence-corrected chi connectivity index (χ0v) is 13.1. The molecule has 0 bridgehead atoms. The first-order valence-electron chi connectivity index (χ1n) is 7.49. The summed E-state index contributed by atoms with van der Waals surface area (Å²) in [5.41, 5.74) is 1.04. The molecule has 2 heterocycles. The van der Waals surface area contributed by atoms with Crippen LogP contribution in [0, 0.1) is 0 Å². The van der Waals surface area contributed by atoms with Gasteiger partial charge in [-0.15, -0.1) is 0 Å². The summed E-state index contributed by atoms with van der Waals surface area (Å²) in [4.78, 5) is 4.64. The van der Waals surface area contributed by atoms with Crippen LogP contribution in [0.25, 0.3) is 0 Å². The summed E-state index contributed by atoms with van der Waals surface area (Å²) < 4.78 is 10.5. The van der Waals surface area contributed by atoms with Gasteiger partial charge in [0.25, 0.3) is 0 Å². The van der Waals surface area contributed by atoms with E-state index in [1.54, 1.807) is 0 Å². The number of nitrogens with one attached hydrogen (secondary N) is 1. The van der Waals surface area contributed by atoms with Crippen molar-refractivity contribution < 1.29 is 4.74 Å². The zero-order valence-electron chi connectivity index (χ0n) is 12.3. The Bertz CT molecular complexity index is 663. The second kappa shape index (κ2) is 4.70. The van der Waals surface area contributed by atoms with Gasteiger partial charge in [-0.25, -0.2) is 4.98 Å². The van der Waals surface area contributed by atoms with Gasteiger partial charge in [-0.05, 0) is 32.8 Å². The minimum absolute atomic E-state index is 0.171. The molecule has 1 N–H and O–H groups in total. The van der Waals surface area contributed by atoms with E-state index in [1.807, 2.05) is 12.1 Å². The lowest BCUT2D eigenvalue weighted by molar-refractivity contribution is 0.0759. The minimum Gasteiger partial charge on any atom is -0.487 e. The summed E-state index contributed by atoms with van der Waals surface area (Å²) in [6.45, 7) is 4.26. The molecule has 110 valence electrons. The molecule has 0 radical (unpaired) electrons. The highest BCUT2D eigenvalue weighted by Crippen LogP contribution is 2.42. The molecule has 1 unspecified atom stereocenters. The molecular weight excluding hydrogens is 282 g/mol. The van der Waals surface area contributed by atoms with Crippen LogP contribution in [0.2, 0.25) is 0 Å². The highest BCUT2D eigenvalue weighted by atomic mass is 32.1. The van der Waals surface area contributed by atoms with Crippen molar-refractivity contribution in [3.05, 3.63) is 35.7 Å². The summed E-state index contributed by atoms with van der Waals surface area (Å²) in [6.07, 6.45) is 3.40. The molecule has 1 aromatic carbocycles. The number of anilines is 1. The van der Waals surface area contributed by atoms with Gasteiger partial charge in [0.2, 0.25) is 5.13 Å². The Labute approximate surface area is 128 Å². The number of aromatic nitrogens is 2. The van der Waals surface area contributed by atoms with Gasteiger partial charge < -0.3 is 10.1 Å². The van der Waals surface area contributed by atoms with Crippen molar-refractivity contribution in [3.8, 4) is 5.75 Å². The third kappa shape index (κ3) is 2.62. The van der Waals surface area contributed by atoms with Crippen molar-refractivity contribution in [2.45, 2.75) is 50.7 Å². The molecule has 1 atom stereocenters. The summed E-state index contributed by atoms with van der Waals surface area (Å²) in [5, 5.41) is 4.49. The standard InChI is InChI=1S/C16H19N3OS/c1-16(2)9-12(11-5-3-4-6-13(11)20-16)17-15-18-14(19-21-15)10-7-8-10/h3-6,10,12H,7-9H2,1-2H3,(H,17,18,19). The van der Waals surface area contributed by atoms with E-state index in [4.69, 9.17) is 4.74 Å². The van der Waals surface area contributed by atoms with Crippen LogP contribution < -0.4 is 10.1 Å². The first-order chi connectivity index (χ1) is 10.1. The van der Waals surface area contributed by atoms with Crippen LogP contribution in [0.5, 0.6) is 5.75 Å². The lowest BCUT2D eigenvalue weighted by Gasteiger charge is -2.37. The third-order valence-electron chi connectivity index (χ3n) is 4.06. The van der Waals surface area contributed by atoms with E-state index in [2.05, 4.69) is 40.7 Å². The van der Waals surface area contributed by atoms with E-state index in [0.29, 0.717) is 5.92 Å². The summed E-state index contributed by atoms with van der Waals surface area (Å²) >= 11 is 1.47. The number of hydrogen-bond acceptors (Lipinski definition) is 5. The Hall–Kier alpha value is -1.62. The molecular formula is C16H19N3OS. The molecule has 0 spiro atoms. The number of rotatable bonds is 3. The van der Waals surface area contributed by atoms with Gasteiger partial charge >= 0.3 is 0 Å². The maximum absolute atomic E-state index is 6.07. The molecule has 2 aromatic rings. The largest absolute Gasteiger partial charge is 0.487 e. The first-order valence-corrected chi connectivity index (χ1v) is 8.26. The molecule has 4 rings (SSSR count). The normalized spacial score (nSPS) is 23.2. The van der Waals surface area contributed by atoms with Crippen LogP contribution in [0.15, 0.2) is 24.3 Å². The van der Waals surface area contributed by atoms with Crippen molar-refractivity contribution >= 4 is 16.7 Å². The van der Waals surface area contributed by atoms with Crippen LogP contribution in [0.4, 0.5) is 5.13 Å². The topological polar surface area (TPSA) is 47.0 Å². The van der Waals surface area contributed by atoms with Gasteiger partial charge in [0.1, 0.15) is 17.2 Å². The van der Waals surface area contributed by atoms with Crippen LogP contribution in [-0.2, 0) is 0 Å². The molecule has 5 heteroatoms. The molecule has 2 aliphatic rings. The number of hydrogen-bond donors (Lipinski definition) is 1. The maximum atomic E-state index is 6.07. The number of ether oxygens (including phenoxy) is 1. The first kappa shape index (κ1) is 13.1. The number of fused-ring (bicyclic) bond motifs is 1. The second-order valence-electron chi connectivity index (χ2n) is 6.53. The van der Waals surface area contributed by atoms with Gasteiger partial charge in [0, 0.05) is 29.4 Å². The molecule has 0 saturated heterocycles. The van der Waals surface area contributed by atoms with Crippen LogP contribution in [0.3, 0.4) is 0 Å². The fraction of sp³-hybridized carbons (Fsp3) is 0.500. The van der Waals surface area contributed by atoms with Crippen molar-refractivity contribution in [1.82, 2.24) is 9.36 Å². The summed E-state index contributed by atoms with van der Waals surface area (Å²) in [6, 6.07) is 8.48. The Balaban J connectivity index is 1.60. The summed E-state index contributed by atoms with van der Waals surface area (Å²) in [7, 11) is 0. The van der Waals surface area contributed by atoms with E-state index >= 15 is 0 Å². The van der Waals surface area contributed by atoms with Crippen molar-refractivity contribution in [2.75, 3.05) is 5.32 Å². The highest BCUT2D eigenvalue weighted by molar-refractivity contribution is 7.09. The quantitative estimate of drug-likeness (QED) is 0.926. The molecule has 1 aromatic heterocycles. The average Bonchev–Trinajstić information content (AvgIpc) is 3.18. The smallest absolute Gasteiger partial charge is 0.203 e.